The van der Waals surface area contributed by atoms with Gasteiger partial charge in [-0.1, -0.05) is 48.5 Å². The number of carbonyl (C=O) groups is 1. The van der Waals surface area contributed by atoms with Crippen LogP contribution >= 0.6 is 0 Å². The lowest BCUT2D eigenvalue weighted by Crippen LogP contribution is -2.06. The van der Waals surface area contributed by atoms with Crippen molar-refractivity contribution >= 4 is 5.97 Å². The third-order valence-electron chi connectivity index (χ3n) is 2.80. The van der Waals surface area contributed by atoms with E-state index in [1.807, 2.05) is 48.5 Å². The predicted octanol–water partition coefficient (Wildman–Crippen LogP) is 3.34. The summed E-state index contributed by atoms with van der Waals surface area (Å²) in [6.07, 6.45) is 0. The van der Waals surface area contributed by atoms with E-state index in [4.69, 9.17) is 5.11 Å². The van der Waals surface area contributed by atoms with Crippen LogP contribution in [0.3, 0.4) is 0 Å². The molecule has 0 amide bonds. The van der Waals surface area contributed by atoms with Gasteiger partial charge in [-0.05, 0) is 29.7 Å². The van der Waals surface area contributed by atoms with Gasteiger partial charge in [0.2, 0.25) is 0 Å². The fraction of sp³-hybridized carbons (Fsp3) is 0.133. The van der Waals surface area contributed by atoms with Crippen LogP contribution in [0.4, 0.5) is 0 Å². The first-order valence-electron chi connectivity index (χ1n) is 5.48. The maximum Gasteiger partial charge on any atom is 0.310 e. The Bertz CT molecular complexity index is 500. The molecular formula is C15H13O2. The average Bonchev–Trinajstić information content (AvgIpc) is 2.39. The molecule has 2 heteroatoms. The summed E-state index contributed by atoms with van der Waals surface area (Å²) in [4.78, 5) is 10.8. The van der Waals surface area contributed by atoms with Gasteiger partial charge in [0.25, 0.3) is 0 Å². The molecule has 1 unspecified atom stereocenters. The number of benzene rings is 2. The first-order valence-corrected chi connectivity index (χ1v) is 5.48. The molecule has 0 fully saturated rings. The standard InChI is InChI=1S/C15H13O2/c1-11(15(16)17)12-7-9-14(10-8-12)13-5-3-2-4-6-13/h2-5,7-11H,1H3,(H,16,17). The quantitative estimate of drug-likeness (QED) is 0.869. The minimum Gasteiger partial charge on any atom is -0.481 e. The van der Waals surface area contributed by atoms with Gasteiger partial charge in [-0.25, -0.2) is 0 Å². The van der Waals surface area contributed by atoms with Crippen LogP contribution in [0.2, 0.25) is 0 Å². The lowest BCUT2D eigenvalue weighted by Gasteiger charge is -2.07. The molecule has 0 aliphatic heterocycles. The van der Waals surface area contributed by atoms with Crippen LogP contribution in [0.5, 0.6) is 0 Å². The van der Waals surface area contributed by atoms with Crippen molar-refractivity contribution in [3.05, 3.63) is 60.2 Å². The normalized spacial score (nSPS) is 12.1. The summed E-state index contributed by atoms with van der Waals surface area (Å²) in [5, 5.41) is 8.92. The minimum atomic E-state index is -0.802. The van der Waals surface area contributed by atoms with E-state index in [2.05, 4.69) is 6.07 Å². The number of hydrogen-bond donors (Lipinski definition) is 1. The molecule has 0 bridgehead atoms. The van der Waals surface area contributed by atoms with Crippen molar-refractivity contribution in [3.63, 3.8) is 0 Å². The summed E-state index contributed by atoms with van der Waals surface area (Å²) in [7, 11) is 0. The van der Waals surface area contributed by atoms with Crippen LogP contribution in [0.15, 0.2) is 48.5 Å². The van der Waals surface area contributed by atoms with E-state index in [-0.39, 0.29) is 0 Å². The van der Waals surface area contributed by atoms with Crippen LogP contribution in [-0.4, -0.2) is 11.1 Å². The van der Waals surface area contributed by atoms with E-state index < -0.39 is 11.9 Å². The van der Waals surface area contributed by atoms with E-state index in [1.54, 1.807) is 6.92 Å². The SMILES string of the molecule is CC(C(=O)O)c1ccc(-c2[c]cccc2)cc1. The summed E-state index contributed by atoms with van der Waals surface area (Å²) < 4.78 is 0. The molecule has 0 saturated carbocycles. The molecule has 0 saturated heterocycles. The van der Waals surface area contributed by atoms with Gasteiger partial charge in [0.1, 0.15) is 0 Å². The Morgan fingerprint density at radius 1 is 1.18 bits per heavy atom. The van der Waals surface area contributed by atoms with Crippen molar-refractivity contribution in [2.24, 2.45) is 0 Å². The van der Waals surface area contributed by atoms with Gasteiger partial charge >= 0.3 is 5.97 Å². The molecule has 0 aliphatic carbocycles. The largest absolute Gasteiger partial charge is 0.481 e. The van der Waals surface area contributed by atoms with Crippen LogP contribution < -0.4 is 0 Å². The molecule has 17 heavy (non-hydrogen) atoms. The lowest BCUT2D eigenvalue weighted by molar-refractivity contribution is -0.138. The first-order chi connectivity index (χ1) is 8.18. The van der Waals surface area contributed by atoms with Crippen molar-refractivity contribution in [2.75, 3.05) is 0 Å². The molecule has 1 N–H and O–H groups in total. The second kappa shape index (κ2) is 4.83. The van der Waals surface area contributed by atoms with Gasteiger partial charge in [-0.15, -0.1) is 0 Å². The molecular weight excluding hydrogens is 212 g/mol. The van der Waals surface area contributed by atoms with Crippen molar-refractivity contribution in [1.29, 1.82) is 0 Å². The Morgan fingerprint density at radius 3 is 2.41 bits per heavy atom. The molecule has 2 nitrogen and oxygen atoms in total. The number of hydrogen-bond acceptors (Lipinski definition) is 1. The van der Waals surface area contributed by atoms with Gasteiger partial charge in [0, 0.05) is 0 Å². The van der Waals surface area contributed by atoms with E-state index in [1.165, 1.54) is 0 Å². The summed E-state index contributed by atoms with van der Waals surface area (Å²) in [5.74, 6) is -1.27. The van der Waals surface area contributed by atoms with E-state index in [0.29, 0.717) is 0 Å². The van der Waals surface area contributed by atoms with E-state index in [9.17, 15) is 4.79 Å². The third kappa shape index (κ3) is 2.53. The number of rotatable bonds is 3. The van der Waals surface area contributed by atoms with Crippen molar-refractivity contribution in [2.45, 2.75) is 12.8 Å². The highest BCUT2D eigenvalue weighted by molar-refractivity contribution is 5.76. The average molecular weight is 225 g/mol. The second-order valence-corrected chi connectivity index (χ2v) is 3.96. The molecule has 1 atom stereocenters. The first kappa shape index (κ1) is 11.4. The molecule has 0 aliphatic rings. The Morgan fingerprint density at radius 2 is 1.88 bits per heavy atom. The van der Waals surface area contributed by atoms with Crippen LogP contribution in [-0.2, 0) is 4.79 Å². The molecule has 2 aromatic rings. The van der Waals surface area contributed by atoms with E-state index in [0.717, 1.165) is 16.7 Å². The highest BCUT2D eigenvalue weighted by Gasteiger charge is 2.12. The fourth-order valence-corrected chi connectivity index (χ4v) is 1.67. The Labute approximate surface area is 101 Å². The second-order valence-electron chi connectivity index (χ2n) is 3.96. The smallest absolute Gasteiger partial charge is 0.310 e. The minimum absolute atomic E-state index is 0.469. The Hall–Kier alpha value is -2.09. The van der Waals surface area contributed by atoms with Gasteiger partial charge < -0.3 is 5.11 Å². The number of carboxylic acids is 1. The highest BCUT2D eigenvalue weighted by atomic mass is 16.4. The topological polar surface area (TPSA) is 37.3 Å². The zero-order chi connectivity index (χ0) is 12.3. The van der Waals surface area contributed by atoms with Gasteiger partial charge in [-0.2, -0.15) is 0 Å². The van der Waals surface area contributed by atoms with Crippen molar-refractivity contribution < 1.29 is 9.90 Å². The summed E-state index contributed by atoms with van der Waals surface area (Å²) in [6, 6.07) is 18.4. The predicted molar refractivity (Wildman–Crippen MR) is 66.8 cm³/mol. The van der Waals surface area contributed by atoms with Crippen molar-refractivity contribution in [1.82, 2.24) is 0 Å². The monoisotopic (exact) mass is 225 g/mol. The zero-order valence-electron chi connectivity index (χ0n) is 9.55. The van der Waals surface area contributed by atoms with Gasteiger partial charge in [0.15, 0.2) is 0 Å². The van der Waals surface area contributed by atoms with Crippen molar-refractivity contribution in [3.8, 4) is 11.1 Å². The van der Waals surface area contributed by atoms with Crippen LogP contribution in [0.25, 0.3) is 11.1 Å². The Balaban J connectivity index is 2.28. The number of carboxylic acid groups (broad SMARTS) is 1. The maximum atomic E-state index is 10.8. The van der Waals surface area contributed by atoms with Crippen LogP contribution in [0, 0.1) is 6.07 Å². The molecule has 0 aromatic heterocycles. The molecule has 1 radical (unpaired) electrons. The fourth-order valence-electron chi connectivity index (χ4n) is 1.67. The summed E-state index contributed by atoms with van der Waals surface area (Å²) in [6.45, 7) is 1.69. The van der Waals surface area contributed by atoms with Gasteiger partial charge in [-0.3, -0.25) is 4.79 Å². The molecule has 0 heterocycles. The molecule has 2 rings (SSSR count). The highest BCUT2D eigenvalue weighted by Crippen LogP contribution is 2.22. The van der Waals surface area contributed by atoms with Crippen LogP contribution in [0.1, 0.15) is 18.4 Å². The van der Waals surface area contributed by atoms with E-state index >= 15 is 0 Å². The summed E-state index contributed by atoms with van der Waals surface area (Å²) in [5.41, 5.74) is 2.88. The maximum absolute atomic E-state index is 10.8. The number of aliphatic carboxylic acids is 1. The lowest BCUT2D eigenvalue weighted by atomic mass is 9.98. The van der Waals surface area contributed by atoms with Gasteiger partial charge in [0.05, 0.1) is 5.92 Å². The molecule has 2 aromatic carbocycles. The zero-order valence-corrected chi connectivity index (χ0v) is 9.55. The molecule has 85 valence electrons. The molecule has 0 spiro atoms. The summed E-state index contributed by atoms with van der Waals surface area (Å²) >= 11 is 0. The Kier molecular flexibility index (Phi) is 3.24. The third-order valence-corrected chi connectivity index (χ3v) is 2.80.